The molecule has 0 N–H and O–H groups in total. The number of carbonyl (C=O) groups is 1. The number of hydrogen-bond acceptors (Lipinski definition) is 3. The Kier molecular flexibility index (Phi) is 4.88. The van der Waals surface area contributed by atoms with Gasteiger partial charge in [-0.15, -0.1) is 0 Å². The average molecular weight is 339 g/mol. The highest BCUT2D eigenvalue weighted by atomic mass is 19.3. The molecule has 1 saturated heterocycles. The van der Waals surface area contributed by atoms with Gasteiger partial charge in [-0.3, -0.25) is 4.79 Å². The number of anilines is 1. The lowest BCUT2D eigenvalue weighted by Crippen LogP contribution is -2.61. The highest BCUT2D eigenvalue weighted by Gasteiger charge is 2.43. The molecule has 2 rings (SSSR count). The number of piperazine rings is 1. The summed E-state index contributed by atoms with van der Waals surface area (Å²) in [4.78, 5) is 19.9. The van der Waals surface area contributed by atoms with Crippen LogP contribution in [0.3, 0.4) is 0 Å². The van der Waals surface area contributed by atoms with Gasteiger partial charge in [-0.1, -0.05) is 26.8 Å². The highest BCUT2D eigenvalue weighted by molar-refractivity contribution is 5.84. The Labute approximate surface area is 142 Å². The molecule has 6 heteroatoms. The van der Waals surface area contributed by atoms with E-state index in [1.54, 1.807) is 13.8 Å². The Morgan fingerprint density at radius 3 is 2.04 bits per heavy atom. The van der Waals surface area contributed by atoms with Crippen molar-refractivity contribution < 1.29 is 13.6 Å². The second-order valence-corrected chi connectivity index (χ2v) is 7.86. The predicted molar refractivity (Wildman–Crippen MR) is 91.5 cm³/mol. The summed E-state index contributed by atoms with van der Waals surface area (Å²) in [6, 6.07) is 3.42. The van der Waals surface area contributed by atoms with E-state index in [4.69, 9.17) is 0 Å². The Bertz CT molecular complexity index is 578. The van der Waals surface area contributed by atoms with E-state index in [0.29, 0.717) is 20.0 Å². The second-order valence-electron chi connectivity index (χ2n) is 7.86. The van der Waals surface area contributed by atoms with Crippen molar-refractivity contribution in [2.45, 2.75) is 65.0 Å². The van der Waals surface area contributed by atoms with Crippen molar-refractivity contribution in [3.8, 4) is 0 Å². The summed E-state index contributed by atoms with van der Waals surface area (Å²) in [5.41, 5.74) is 1.18. The quantitative estimate of drug-likeness (QED) is 0.828. The minimum atomic E-state index is -3.34. The number of nitrogens with zero attached hydrogens (tertiary/aromatic N) is 3. The van der Waals surface area contributed by atoms with Gasteiger partial charge in [0.25, 0.3) is 5.91 Å². The standard InChI is InChI=1S/C18H27F2N3O/c1-12-10-22(11-13(2)23(12)16(24)18(6,19)20)15-8-7-14(9-21-15)17(3,4)5/h7-9,12-13H,10-11H2,1-6H3. The van der Waals surface area contributed by atoms with E-state index in [0.717, 1.165) is 11.4 Å². The first kappa shape index (κ1) is 18.6. The van der Waals surface area contributed by atoms with Gasteiger partial charge in [-0.2, -0.15) is 8.78 Å². The monoisotopic (exact) mass is 339 g/mol. The van der Waals surface area contributed by atoms with Gasteiger partial charge >= 0.3 is 5.92 Å². The molecule has 0 spiro atoms. The fraction of sp³-hybridized carbons (Fsp3) is 0.667. The van der Waals surface area contributed by atoms with Crippen LogP contribution in [-0.2, 0) is 10.2 Å². The van der Waals surface area contributed by atoms with Crippen LogP contribution in [0.15, 0.2) is 18.3 Å². The van der Waals surface area contributed by atoms with Crippen LogP contribution in [0.5, 0.6) is 0 Å². The van der Waals surface area contributed by atoms with Gasteiger partial charge in [0.15, 0.2) is 0 Å². The Balaban J connectivity index is 2.15. The van der Waals surface area contributed by atoms with E-state index in [9.17, 15) is 13.6 Å². The Morgan fingerprint density at radius 1 is 1.12 bits per heavy atom. The summed E-state index contributed by atoms with van der Waals surface area (Å²) in [5, 5.41) is 0. The van der Waals surface area contributed by atoms with Crippen LogP contribution in [0.25, 0.3) is 0 Å². The lowest BCUT2D eigenvalue weighted by molar-refractivity contribution is -0.160. The first-order valence-corrected chi connectivity index (χ1v) is 8.33. The summed E-state index contributed by atoms with van der Waals surface area (Å²) < 4.78 is 26.8. The number of halogens is 2. The van der Waals surface area contributed by atoms with Crippen LogP contribution < -0.4 is 4.90 Å². The zero-order valence-corrected chi connectivity index (χ0v) is 15.3. The molecular weight excluding hydrogens is 312 g/mol. The number of amides is 1. The van der Waals surface area contributed by atoms with Gasteiger partial charge in [0.1, 0.15) is 5.82 Å². The summed E-state index contributed by atoms with van der Waals surface area (Å²) in [5.74, 6) is -3.62. The van der Waals surface area contributed by atoms with Crippen LogP contribution in [0.1, 0.15) is 47.1 Å². The predicted octanol–water partition coefficient (Wildman–Crippen LogP) is 3.46. The molecule has 0 aliphatic carbocycles. The van der Waals surface area contributed by atoms with Gasteiger partial charge in [0.2, 0.25) is 0 Å². The molecule has 2 atom stereocenters. The molecule has 1 aliphatic heterocycles. The van der Waals surface area contributed by atoms with E-state index < -0.39 is 11.8 Å². The normalized spacial score (nSPS) is 22.7. The van der Waals surface area contributed by atoms with Gasteiger partial charge in [-0.25, -0.2) is 4.98 Å². The van der Waals surface area contributed by atoms with E-state index in [1.165, 1.54) is 4.90 Å². The molecule has 0 aromatic carbocycles. The summed E-state index contributed by atoms with van der Waals surface area (Å²) in [6.45, 7) is 11.6. The molecule has 1 fully saturated rings. The zero-order valence-electron chi connectivity index (χ0n) is 15.3. The lowest BCUT2D eigenvalue weighted by atomic mass is 9.88. The molecule has 24 heavy (non-hydrogen) atoms. The molecule has 1 aromatic rings. The molecule has 2 unspecified atom stereocenters. The second kappa shape index (κ2) is 6.30. The zero-order chi connectivity index (χ0) is 18.3. The third-order valence-electron chi connectivity index (χ3n) is 4.47. The van der Waals surface area contributed by atoms with E-state index in [2.05, 4.69) is 36.7 Å². The van der Waals surface area contributed by atoms with Gasteiger partial charge in [0, 0.05) is 38.3 Å². The lowest BCUT2D eigenvalue weighted by Gasteiger charge is -2.45. The van der Waals surface area contributed by atoms with Gasteiger partial charge < -0.3 is 9.80 Å². The number of aromatic nitrogens is 1. The maximum atomic E-state index is 13.4. The molecule has 0 saturated carbocycles. The third kappa shape index (κ3) is 3.84. The van der Waals surface area contributed by atoms with E-state index in [1.807, 2.05) is 12.3 Å². The summed E-state index contributed by atoms with van der Waals surface area (Å²) in [6.07, 6.45) is 1.86. The third-order valence-corrected chi connectivity index (χ3v) is 4.47. The minimum absolute atomic E-state index is 0.0317. The Hall–Kier alpha value is -1.72. The van der Waals surface area contributed by atoms with Crippen LogP contribution in [0, 0.1) is 0 Å². The number of hydrogen-bond donors (Lipinski definition) is 0. The summed E-state index contributed by atoms with van der Waals surface area (Å²) >= 11 is 0. The smallest absolute Gasteiger partial charge is 0.322 e. The van der Waals surface area contributed by atoms with Crippen molar-refractivity contribution >= 4 is 11.7 Å². The summed E-state index contributed by atoms with van der Waals surface area (Å²) in [7, 11) is 0. The maximum Gasteiger partial charge on any atom is 0.322 e. The molecule has 0 bridgehead atoms. The fourth-order valence-electron chi connectivity index (χ4n) is 3.15. The number of carbonyl (C=O) groups excluding carboxylic acids is 1. The SMILES string of the molecule is CC1CN(c2ccc(C(C)(C)C)cn2)CC(C)N1C(=O)C(C)(F)F. The van der Waals surface area contributed by atoms with Crippen LogP contribution in [0.2, 0.25) is 0 Å². The van der Waals surface area contributed by atoms with Crippen molar-refractivity contribution in [1.29, 1.82) is 0 Å². The minimum Gasteiger partial charge on any atom is -0.353 e. The molecule has 2 heterocycles. The Morgan fingerprint density at radius 2 is 1.67 bits per heavy atom. The molecule has 4 nitrogen and oxygen atoms in total. The van der Waals surface area contributed by atoms with Crippen LogP contribution in [-0.4, -0.2) is 46.9 Å². The fourth-order valence-corrected chi connectivity index (χ4v) is 3.15. The number of pyridine rings is 1. The van der Waals surface area contributed by atoms with E-state index in [-0.39, 0.29) is 17.5 Å². The first-order chi connectivity index (χ1) is 10.9. The molecule has 1 amide bonds. The molecule has 1 aliphatic rings. The first-order valence-electron chi connectivity index (χ1n) is 8.33. The number of alkyl halides is 2. The van der Waals surface area contributed by atoms with Gasteiger partial charge in [0.05, 0.1) is 0 Å². The highest BCUT2D eigenvalue weighted by Crippen LogP contribution is 2.27. The van der Waals surface area contributed by atoms with E-state index >= 15 is 0 Å². The largest absolute Gasteiger partial charge is 0.353 e. The van der Waals surface area contributed by atoms with Crippen molar-refractivity contribution in [3.63, 3.8) is 0 Å². The van der Waals surface area contributed by atoms with Crippen LogP contribution >= 0.6 is 0 Å². The van der Waals surface area contributed by atoms with Crippen molar-refractivity contribution in [1.82, 2.24) is 9.88 Å². The molecule has 0 radical (unpaired) electrons. The molecule has 134 valence electrons. The van der Waals surface area contributed by atoms with Crippen molar-refractivity contribution in [3.05, 3.63) is 23.9 Å². The van der Waals surface area contributed by atoms with Crippen molar-refractivity contribution in [2.24, 2.45) is 0 Å². The maximum absolute atomic E-state index is 13.4. The van der Waals surface area contributed by atoms with Crippen molar-refractivity contribution in [2.75, 3.05) is 18.0 Å². The topological polar surface area (TPSA) is 36.4 Å². The van der Waals surface area contributed by atoms with Gasteiger partial charge in [-0.05, 0) is 30.9 Å². The molecular formula is C18H27F2N3O. The molecule has 1 aromatic heterocycles. The number of rotatable bonds is 2. The van der Waals surface area contributed by atoms with Crippen LogP contribution in [0.4, 0.5) is 14.6 Å². The average Bonchev–Trinajstić information content (AvgIpc) is 2.44.